The molecule has 0 aromatic heterocycles. The van der Waals surface area contributed by atoms with Crippen molar-refractivity contribution in [2.45, 2.75) is 65.6 Å². The lowest BCUT2D eigenvalue weighted by Crippen LogP contribution is -2.48. The summed E-state index contributed by atoms with van der Waals surface area (Å²) in [6.45, 7) is 10.7. The number of aliphatic imine (C=N–C) groups is 1. The van der Waals surface area contributed by atoms with E-state index in [2.05, 4.69) is 4.90 Å². The third-order valence-electron chi connectivity index (χ3n) is 6.86. The molecule has 0 spiro atoms. The van der Waals surface area contributed by atoms with Gasteiger partial charge in [0, 0.05) is 24.5 Å². The van der Waals surface area contributed by atoms with Crippen molar-refractivity contribution in [1.82, 2.24) is 4.90 Å². The number of piperidine rings is 1. The van der Waals surface area contributed by atoms with Gasteiger partial charge in [-0.1, -0.05) is 23.7 Å². The summed E-state index contributed by atoms with van der Waals surface area (Å²) in [5, 5.41) is 10.7. The minimum Gasteiger partial charge on any atom is -0.462 e. The van der Waals surface area contributed by atoms with E-state index in [1.54, 1.807) is 19.9 Å². The number of para-hydroxylation sites is 1. The zero-order valence-electron chi connectivity index (χ0n) is 21.2. The highest BCUT2D eigenvalue weighted by Gasteiger charge is 2.42. The molecule has 2 heterocycles. The molecule has 1 fully saturated rings. The number of hydrogen-bond acceptors (Lipinski definition) is 6. The Morgan fingerprint density at radius 3 is 2.71 bits per heavy atom. The standard InChI is InChI=1S/C28H35ClN2O4/c1-18(16-27(2,3)33)34-26(32)28(4,5)19-9-8-14-31(17-19)25-21-10-6-7-11-23(21)35-24-13-12-20(29)15-22(24)30-25/h6-7,10-13,15,18-19,33H,8-9,14,16-17H2,1-5H3/t18-,19-/m1/s1. The van der Waals surface area contributed by atoms with Crippen LogP contribution in [0.5, 0.6) is 11.5 Å². The number of carbonyl (C=O) groups is 1. The Morgan fingerprint density at radius 2 is 1.97 bits per heavy atom. The van der Waals surface area contributed by atoms with Crippen molar-refractivity contribution in [3.63, 3.8) is 0 Å². The number of benzene rings is 2. The fourth-order valence-electron chi connectivity index (χ4n) is 4.94. The predicted molar refractivity (Wildman–Crippen MR) is 139 cm³/mol. The highest BCUT2D eigenvalue weighted by atomic mass is 35.5. The first-order valence-electron chi connectivity index (χ1n) is 12.3. The fraction of sp³-hybridized carbons (Fsp3) is 0.500. The summed E-state index contributed by atoms with van der Waals surface area (Å²) in [4.78, 5) is 20.5. The van der Waals surface area contributed by atoms with Gasteiger partial charge in [-0.3, -0.25) is 4.79 Å². The first-order valence-corrected chi connectivity index (χ1v) is 12.7. The number of ether oxygens (including phenoxy) is 2. The maximum atomic E-state index is 13.2. The number of nitrogens with zero attached hydrogens (tertiary/aromatic N) is 2. The fourth-order valence-corrected chi connectivity index (χ4v) is 5.11. The lowest BCUT2D eigenvalue weighted by atomic mass is 9.74. The third kappa shape index (κ3) is 5.81. The molecule has 0 bridgehead atoms. The van der Waals surface area contributed by atoms with Gasteiger partial charge >= 0.3 is 5.97 Å². The molecule has 188 valence electrons. The molecule has 0 radical (unpaired) electrons. The summed E-state index contributed by atoms with van der Waals surface area (Å²) in [7, 11) is 0. The first kappa shape index (κ1) is 25.5. The van der Waals surface area contributed by atoms with E-state index in [9.17, 15) is 9.90 Å². The van der Waals surface area contributed by atoms with Crippen molar-refractivity contribution >= 4 is 29.1 Å². The van der Waals surface area contributed by atoms with Crippen molar-refractivity contribution in [2.24, 2.45) is 16.3 Å². The summed E-state index contributed by atoms with van der Waals surface area (Å²) in [5.41, 5.74) is 0.0249. The number of aliphatic hydroxyl groups is 1. The maximum Gasteiger partial charge on any atom is 0.312 e. The predicted octanol–water partition coefficient (Wildman–Crippen LogP) is 6.35. The molecule has 2 aromatic rings. The molecule has 0 saturated carbocycles. The molecule has 0 aliphatic carbocycles. The van der Waals surface area contributed by atoms with Gasteiger partial charge in [0.05, 0.1) is 16.6 Å². The molecule has 2 atom stereocenters. The molecule has 0 unspecified atom stereocenters. The Kier molecular flexibility index (Phi) is 7.16. The van der Waals surface area contributed by atoms with Crippen LogP contribution in [-0.2, 0) is 9.53 Å². The van der Waals surface area contributed by atoms with E-state index in [-0.39, 0.29) is 18.0 Å². The van der Waals surface area contributed by atoms with Gasteiger partial charge in [0.15, 0.2) is 5.75 Å². The number of amidine groups is 1. The minimum atomic E-state index is -0.891. The van der Waals surface area contributed by atoms with E-state index >= 15 is 0 Å². The Morgan fingerprint density at radius 1 is 1.23 bits per heavy atom. The SMILES string of the molecule is C[C@H](CC(C)(C)O)OC(=O)C(C)(C)[C@@H]1CCCN(C2=Nc3cc(Cl)ccc3Oc3ccccc32)C1. The van der Waals surface area contributed by atoms with Gasteiger partial charge in [0.25, 0.3) is 0 Å². The van der Waals surface area contributed by atoms with E-state index in [0.717, 1.165) is 36.5 Å². The minimum absolute atomic E-state index is 0.0796. The van der Waals surface area contributed by atoms with Crippen molar-refractivity contribution in [3.8, 4) is 11.5 Å². The molecule has 1 N–H and O–H groups in total. The Labute approximate surface area is 212 Å². The van der Waals surface area contributed by atoms with Crippen LogP contribution in [0.3, 0.4) is 0 Å². The smallest absolute Gasteiger partial charge is 0.312 e. The molecule has 35 heavy (non-hydrogen) atoms. The van der Waals surface area contributed by atoms with Gasteiger partial charge in [-0.25, -0.2) is 4.99 Å². The second-order valence-corrected chi connectivity index (χ2v) is 11.3. The number of hydrogen-bond donors (Lipinski definition) is 1. The molecule has 7 heteroatoms. The molecule has 2 aliphatic rings. The molecular formula is C28H35ClN2O4. The summed E-state index contributed by atoms with van der Waals surface area (Å²) in [5.74, 6) is 2.08. The normalized spacial score (nSPS) is 19.0. The molecule has 2 aromatic carbocycles. The van der Waals surface area contributed by atoms with Crippen LogP contribution in [0.4, 0.5) is 5.69 Å². The van der Waals surface area contributed by atoms with E-state index in [1.165, 1.54) is 0 Å². The zero-order valence-corrected chi connectivity index (χ0v) is 21.9. The lowest BCUT2D eigenvalue weighted by molar-refractivity contribution is -0.165. The van der Waals surface area contributed by atoms with Gasteiger partial charge in [0.1, 0.15) is 23.4 Å². The van der Waals surface area contributed by atoms with Crippen molar-refractivity contribution in [1.29, 1.82) is 0 Å². The van der Waals surface area contributed by atoms with Gasteiger partial charge < -0.3 is 19.5 Å². The Hall–Kier alpha value is -2.57. The number of halogens is 1. The lowest BCUT2D eigenvalue weighted by Gasteiger charge is -2.41. The zero-order chi connectivity index (χ0) is 25.4. The van der Waals surface area contributed by atoms with Crippen molar-refractivity contribution < 1.29 is 19.4 Å². The first-order chi connectivity index (χ1) is 16.4. The largest absolute Gasteiger partial charge is 0.462 e. The maximum absolute atomic E-state index is 13.2. The molecule has 2 aliphatic heterocycles. The summed E-state index contributed by atoms with van der Waals surface area (Å²) in [6, 6.07) is 13.3. The number of rotatable bonds is 5. The monoisotopic (exact) mass is 498 g/mol. The van der Waals surface area contributed by atoms with Crippen LogP contribution in [0.15, 0.2) is 47.5 Å². The Bertz CT molecular complexity index is 1120. The average Bonchev–Trinajstić information content (AvgIpc) is 2.94. The molecule has 4 rings (SSSR count). The highest BCUT2D eigenvalue weighted by Crippen LogP contribution is 2.41. The number of fused-ring (bicyclic) bond motifs is 2. The molecule has 1 saturated heterocycles. The van der Waals surface area contributed by atoms with Crippen molar-refractivity contribution in [3.05, 3.63) is 53.1 Å². The van der Waals surface area contributed by atoms with Gasteiger partial charge in [-0.05, 0) is 83.7 Å². The van der Waals surface area contributed by atoms with Gasteiger partial charge in [-0.15, -0.1) is 0 Å². The molecular weight excluding hydrogens is 464 g/mol. The topological polar surface area (TPSA) is 71.4 Å². The molecule has 6 nitrogen and oxygen atoms in total. The second kappa shape index (κ2) is 9.82. The van der Waals surface area contributed by atoms with Crippen LogP contribution >= 0.6 is 11.6 Å². The van der Waals surface area contributed by atoms with Crippen LogP contribution < -0.4 is 4.74 Å². The van der Waals surface area contributed by atoms with E-state index in [0.29, 0.717) is 29.4 Å². The van der Waals surface area contributed by atoms with Crippen molar-refractivity contribution in [2.75, 3.05) is 13.1 Å². The summed E-state index contributed by atoms with van der Waals surface area (Å²) in [6.07, 6.45) is 1.89. The number of esters is 1. The van der Waals surface area contributed by atoms with Gasteiger partial charge in [-0.2, -0.15) is 0 Å². The van der Waals surface area contributed by atoms with Crippen LogP contribution in [0, 0.1) is 11.3 Å². The number of likely N-dealkylation sites (tertiary alicyclic amines) is 1. The second-order valence-electron chi connectivity index (χ2n) is 10.9. The van der Waals surface area contributed by atoms with Gasteiger partial charge in [0.2, 0.25) is 0 Å². The summed E-state index contributed by atoms with van der Waals surface area (Å²) >= 11 is 6.27. The van der Waals surface area contributed by atoms with Crippen LogP contribution in [0.25, 0.3) is 0 Å². The number of carbonyl (C=O) groups excluding carboxylic acids is 1. The van der Waals surface area contributed by atoms with E-state index in [1.807, 2.05) is 57.2 Å². The van der Waals surface area contributed by atoms with E-state index in [4.69, 9.17) is 26.1 Å². The quantitative estimate of drug-likeness (QED) is 0.486. The van der Waals surface area contributed by atoms with Crippen LogP contribution in [0.1, 0.15) is 59.4 Å². The molecule has 0 amide bonds. The van der Waals surface area contributed by atoms with Crippen LogP contribution in [0.2, 0.25) is 5.02 Å². The Balaban J connectivity index is 1.60. The van der Waals surface area contributed by atoms with Crippen LogP contribution in [-0.4, -0.2) is 46.6 Å². The van der Waals surface area contributed by atoms with E-state index < -0.39 is 11.0 Å². The highest BCUT2D eigenvalue weighted by molar-refractivity contribution is 6.31. The summed E-state index contributed by atoms with van der Waals surface area (Å²) < 4.78 is 12.0. The third-order valence-corrected chi connectivity index (χ3v) is 7.09. The average molecular weight is 499 g/mol.